The average Bonchev–Trinajstić information content (AvgIpc) is 2.47. The number of amides is 1. The van der Waals surface area contributed by atoms with Gasteiger partial charge in [-0.25, -0.2) is 0 Å². The largest absolute Gasteiger partial charge is 0.378 e. The van der Waals surface area contributed by atoms with E-state index in [1.807, 2.05) is 6.92 Å². The maximum absolute atomic E-state index is 12.2. The third-order valence-corrected chi connectivity index (χ3v) is 3.87. The second kappa shape index (κ2) is 6.58. The molecule has 0 aliphatic carbocycles. The Balaban J connectivity index is 1.96. The van der Waals surface area contributed by atoms with Gasteiger partial charge in [0.2, 0.25) is 5.91 Å². The van der Waals surface area contributed by atoms with Gasteiger partial charge in [-0.05, 0) is 23.5 Å². The summed E-state index contributed by atoms with van der Waals surface area (Å²) in [5.74, 6) is 0.00194. The second-order valence-corrected chi connectivity index (χ2v) is 6.68. The Kier molecular flexibility index (Phi) is 5.01. The van der Waals surface area contributed by atoms with Crippen molar-refractivity contribution >= 4 is 5.91 Å². The molecule has 1 aromatic rings. The molecular formula is C17H26N2O2. The van der Waals surface area contributed by atoms with E-state index in [4.69, 9.17) is 4.74 Å². The molecule has 4 nitrogen and oxygen atoms in total. The summed E-state index contributed by atoms with van der Waals surface area (Å²) in [4.78, 5) is 12.2. The molecule has 1 saturated heterocycles. The topological polar surface area (TPSA) is 50.4 Å². The maximum Gasteiger partial charge on any atom is 0.240 e. The molecule has 21 heavy (non-hydrogen) atoms. The molecule has 1 amide bonds. The van der Waals surface area contributed by atoms with Crippen molar-refractivity contribution in [3.8, 4) is 0 Å². The van der Waals surface area contributed by atoms with Crippen LogP contribution in [-0.4, -0.2) is 31.7 Å². The standard InChI is InChI=1S/C17H26N2O2/c1-12(19-16(20)15-11-21-10-9-18-15)13-5-7-14(8-6-13)17(2,3)4/h5-8,12,15,18H,9-11H2,1-4H3,(H,19,20)/t12-,15+/m0/s1. The lowest BCUT2D eigenvalue weighted by Crippen LogP contribution is -2.51. The van der Waals surface area contributed by atoms with E-state index < -0.39 is 0 Å². The van der Waals surface area contributed by atoms with Crippen LogP contribution in [0, 0.1) is 0 Å². The van der Waals surface area contributed by atoms with Gasteiger partial charge in [-0.2, -0.15) is 0 Å². The number of rotatable bonds is 3. The minimum atomic E-state index is -0.241. The van der Waals surface area contributed by atoms with E-state index in [2.05, 4.69) is 55.7 Å². The summed E-state index contributed by atoms with van der Waals surface area (Å²) >= 11 is 0. The molecule has 0 unspecified atom stereocenters. The number of nitrogens with one attached hydrogen (secondary N) is 2. The van der Waals surface area contributed by atoms with E-state index >= 15 is 0 Å². The van der Waals surface area contributed by atoms with Crippen molar-refractivity contribution in [1.82, 2.24) is 10.6 Å². The molecule has 0 radical (unpaired) electrons. The summed E-state index contributed by atoms with van der Waals surface area (Å²) in [6.45, 7) is 10.4. The quantitative estimate of drug-likeness (QED) is 0.897. The molecule has 2 rings (SSSR count). The first-order valence-corrected chi connectivity index (χ1v) is 7.60. The van der Waals surface area contributed by atoms with Crippen LogP contribution in [0.5, 0.6) is 0 Å². The van der Waals surface area contributed by atoms with Gasteiger partial charge in [0.25, 0.3) is 0 Å². The Morgan fingerprint density at radius 2 is 2.00 bits per heavy atom. The molecule has 1 aliphatic rings. The summed E-state index contributed by atoms with van der Waals surface area (Å²) in [6, 6.07) is 8.22. The van der Waals surface area contributed by atoms with Gasteiger partial charge >= 0.3 is 0 Å². The highest BCUT2D eigenvalue weighted by atomic mass is 16.5. The molecule has 1 aliphatic heterocycles. The van der Waals surface area contributed by atoms with Crippen LogP contribution in [0.25, 0.3) is 0 Å². The van der Waals surface area contributed by atoms with Crippen molar-refractivity contribution in [2.75, 3.05) is 19.8 Å². The number of hydrogen-bond acceptors (Lipinski definition) is 3. The van der Waals surface area contributed by atoms with Crippen molar-refractivity contribution in [2.24, 2.45) is 0 Å². The highest BCUT2D eigenvalue weighted by Gasteiger charge is 2.22. The van der Waals surface area contributed by atoms with Crippen molar-refractivity contribution in [3.05, 3.63) is 35.4 Å². The Labute approximate surface area is 127 Å². The van der Waals surface area contributed by atoms with Crippen LogP contribution in [0.2, 0.25) is 0 Å². The zero-order chi connectivity index (χ0) is 15.5. The number of benzene rings is 1. The highest BCUT2D eigenvalue weighted by Crippen LogP contribution is 2.23. The van der Waals surface area contributed by atoms with Crippen LogP contribution in [-0.2, 0) is 14.9 Å². The SMILES string of the molecule is C[C@H](NC(=O)[C@H]1COCCN1)c1ccc(C(C)(C)C)cc1. The number of carbonyl (C=O) groups excluding carboxylic acids is 1. The summed E-state index contributed by atoms with van der Waals surface area (Å²) in [5.41, 5.74) is 2.56. The van der Waals surface area contributed by atoms with Gasteiger partial charge in [-0.1, -0.05) is 45.0 Å². The van der Waals surface area contributed by atoms with Crippen LogP contribution in [0.1, 0.15) is 44.9 Å². The molecular weight excluding hydrogens is 264 g/mol. The zero-order valence-electron chi connectivity index (χ0n) is 13.4. The zero-order valence-corrected chi connectivity index (χ0v) is 13.4. The lowest BCUT2D eigenvalue weighted by Gasteiger charge is -2.25. The van der Waals surface area contributed by atoms with E-state index in [-0.39, 0.29) is 23.4 Å². The van der Waals surface area contributed by atoms with Crippen LogP contribution in [0.4, 0.5) is 0 Å². The van der Waals surface area contributed by atoms with Gasteiger partial charge in [0, 0.05) is 6.54 Å². The molecule has 1 aromatic carbocycles. The van der Waals surface area contributed by atoms with Gasteiger partial charge < -0.3 is 15.4 Å². The summed E-state index contributed by atoms with van der Waals surface area (Å²) < 4.78 is 5.32. The number of ether oxygens (including phenoxy) is 1. The van der Waals surface area contributed by atoms with E-state index in [1.165, 1.54) is 5.56 Å². The molecule has 2 N–H and O–H groups in total. The minimum Gasteiger partial charge on any atom is -0.378 e. The van der Waals surface area contributed by atoms with E-state index in [1.54, 1.807) is 0 Å². The van der Waals surface area contributed by atoms with Crippen molar-refractivity contribution < 1.29 is 9.53 Å². The average molecular weight is 290 g/mol. The Morgan fingerprint density at radius 3 is 2.52 bits per heavy atom. The third kappa shape index (κ3) is 4.29. The van der Waals surface area contributed by atoms with E-state index in [9.17, 15) is 4.79 Å². The lowest BCUT2D eigenvalue weighted by atomic mass is 9.86. The Morgan fingerprint density at radius 1 is 1.33 bits per heavy atom. The molecule has 0 saturated carbocycles. The fourth-order valence-electron chi connectivity index (χ4n) is 2.40. The normalized spacial score (nSPS) is 20.9. The predicted octanol–water partition coefficient (Wildman–Crippen LogP) is 2.15. The molecule has 1 heterocycles. The lowest BCUT2D eigenvalue weighted by molar-refractivity contribution is -0.126. The summed E-state index contributed by atoms with van der Waals surface area (Å²) in [5, 5.41) is 6.21. The van der Waals surface area contributed by atoms with Crippen molar-refractivity contribution in [3.63, 3.8) is 0 Å². The first-order valence-electron chi connectivity index (χ1n) is 7.60. The van der Waals surface area contributed by atoms with E-state index in [0.717, 1.165) is 12.1 Å². The van der Waals surface area contributed by atoms with Crippen LogP contribution in [0.15, 0.2) is 24.3 Å². The number of morpholine rings is 1. The van der Waals surface area contributed by atoms with Crippen molar-refractivity contribution in [2.45, 2.75) is 45.2 Å². The predicted molar refractivity (Wildman–Crippen MR) is 84.3 cm³/mol. The Bertz CT molecular complexity index is 471. The molecule has 4 heteroatoms. The third-order valence-electron chi connectivity index (χ3n) is 3.87. The van der Waals surface area contributed by atoms with Crippen LogP contribution < -0.4 is 10.6 Å². The fraction of sp³-hybridized carbons (Fsp3) is 0.588. The highest BCUT2D eigenvalue weighted by molar-refractivity contribution is 5.82. The molecule has 0 bridgehead atoms. The molecule has 1 fully saturated rings. The summed E-state index contributed by atoms with van der Waals surface area (Å²) in [6.07, 6.45) is 0. The Hall–Kier alpha value is -1.39. The first kappa shape index (κ1) is 16.0. The van der Waals surface area contributed by atoms with Gasteiger partial charge in [-0.3, -0.25) is 4.79 Å². The van der Waals surface area contributed by atoms with Crippen LogP contribution in [0.3, 0.4) is 0 Å². The molecule has 116 valence electrons. The van der Waals surface area contributed by atoms with Crippen LogP contribution >= 0.6 is 0 Å². The molecule has 0 spiro atoms. The first-order chi connectivity index (χ1) is 9.88. The number of hydrogen-bond donors (Lipinski definition) is 2. The molecule has 0 aromatic heterocycles. The van der Waals surface area contributed by atoms with Gasteiger partial charge in [0.05, 0.1) is 19.3 Å². The summed E-state index contributed by atoms with van der Waals surface area (Å²) in [7, 11) is 0. The van der Waals surface area contributed by atoms with E-state index in [0.29, 0.717) is 13.2 Å². The smallest absolute Gasteiger partial charge is 0.240 e. The maximum atomic E-state index is 12.2. The van der Waals surface area contributed by atoms with Gasteiger partial charge in [0.1, 0.15) is 6.04 Å². The minimum absolute atomic E-state index is 0.00194. The van der Waals surface area contributed by atoms with Gasteiger partial charge in [0.15, 0.2) is 0 Å². The fourth-order valence-corrected chi connectivity index (χ4v) is 2.40. The van der Waals surface area contributed by atoms with Gasteiger partial charge in [-0.15, -0.1) is 0 Å². The van der Waals surface area contributed by atoms with Crippen molar-refractivity contribution in [1.29, 1.82) is 0 Å². The second-order valence-electron chi connectivity index (χ2n) is 6.68. The number of carbonyl (C=O) groups is 1. The molecule has 2 atom stereocenters. The monoisotopic (exact) mass is 290 g/mol.